The van der Waals surface area contributed by atoms with Gasteiger partial charge in [0.05, 0.1) is 17.0 Å². The monoisotopic (exact) mass is 320 g/mol. The first kappa shape index (κ1) is 14.4. The van der Waals surface area contributed by atoms with Crippen molar-refractivity contribution in [2.24, 2.45) is 0 Å². The molecule has 0 amide bonds. The Balaban J connectivity index is 1.67. The van der Waals surface area contributed by atoms with Gasteiger partial charge in [-0.2, -0.15) is 0 Å². The van der Waals surface area contributed by atoms with E-state index in [4.69, 9.17) is 4.42 Å². The maximum absolute atomic E-state index is 5.67. The van der Waals surface area contributed by atoms with Gasteiger partial charge in [0.25, 0.3) is 5.89 Å². The van der Waals surface area contributed by atoms with Gasteiger partial charge in [0.1, 0.15) is 5.01 Å². The lowest BCUT2D eigenvalue weighted by Crippen LogP contribution is -2.35. The van der Waals surface area contributed by atoms with Crippen LogP contribution in [0.3, 0.4) is 0 Å². The summed E-state index contributed by atoms with van der Waals surface area (Å²) in [5, 5.41) is 14.6. The Hall–Kier alpha value is -1.57. The van der Waals surface area contributed by atoms with Gasteiger partial charge in [-0.3, -0.25) is 5.32 Å². The van der Waals surface area contributed by atoms with Crippen molar-refractivity contribution in [3.8, 4) is 10.8 Å². The fourth-order valence-electron chi connectivity index (χ4n) is 1.84. The highest BCUT2D eigenvalue weighted by atomic mass is 32.1. The minimum absolute atomic E-state index is 0.226. The minimum Gasteiger partial charge on any atom is -0.419 e. The summed E-state index contributed by atoms with van der Waals surface area (Å²) < 4.78 is 5.67. The highest BCUT2D eigenvalue weighted by molar-refractivity contribution is 7.13. The van der Waals surface area contributed by atoms with Crippen LogP contribution >= 0.6 is 22.7 Å². The van der Waals surface area contributed by atoms with E-state index < -0.39 is 0 Å². The van der Waals surface area contributed by atoms with E-state index in [0.29, 0.717) is 18.3 Å². The standard InChI is InChI=1S/C14H16N4OS2/c1-9-7-15-13(21-9)14(2,3)16-8-11-17-18-12(19-11)10-5-4-6-20-10/h4-7,16H,8H2,1-3H3. The third-order valence-corrected chi connectivity index (χ3v) is 5.13. The Morgan fingerprint density at radius 3 is 2.86 bits per heavy atom. The van der Waals surface area contributed by atoms with Crippen molar-refractivity contribution in [3.05, 3.63) is 39.5 Å². The number of hydrogen-bond donors (Lipinski definition) is 1. The van der Waals surface area contributed by atoms with Crippen molar-refractivity contribution in [1.82, 2.24) is 20.5 Å². The predicted molar refractivity (Wildman–Crippen MR) is 84.3 cm³/mol. The van der Waals surface area contributed by atoms with Gasteiger partial charge in [0, 0.05) is 11.1 Å². The number of nitrogens with one attached hydrogen (secondary N) is 1. The smallest absolute Gasteiger partial charge is 0.257 e. The van der Waals surface area contributed by atoms with Crippen LogP contribution in [0, 0.1) is 6.92 Å². The molecule has 0 radical (unpaired) electrons. The van der Waals surface area contributed by atoms with Crippen LogP contribution in [0.25, 0.3) is 10.8 Å². The number of hydrogen-bond acceptors (Lipinski definition) is 7. The molecule has 0 aromatic carbocycles. The largest absolute Gasteiger partial charge is 0.419 e. The second-order valence-electron chi connectivity index (χ2n) is 5.23. The lowest BCUT2D eigenvalue weighted by Gasteiger charge is -2.22. The molecule has 0 bridgehead atoms. The molecule has 5 nitrogen and oxygen atoms in total. The molecule has 0 saturated heterocycles. The molecule has 0 aliphatic heterocycles. The number of thiazole rings is 1. The summed E-state index contributed by atoms with van der Waals surface area (Å²) >= 11 is 3.28. The van der Waals surface area contributed by atoms with Crippen LogP contribution in [0.2, 0.25) is 0 Å². The molecule has 21 heavy (non-hydrogen) atoms. The quantitative estimate of drug-likeness (QED) is 0.778. The summed E-state index contributed by atoms with van der Waals surface area (Å²) in [6.07, 6.45) is 1.89. The average Bonchev–Trinajstić information content (AvgIpc) is 3.17. The summed E-state index contributed by atoms with van der Waals surface area (Å²) in [5.74, 6) is 1.16. The summed E-state index contributed by atoms with van der Waals surface area (Å²) in [4.78, 5) is 6.63. The minimum atomic E-state index is -0.226. The van der Waals surface area contributed by atoms with E-state index in [0.717, 1.165) is 9.88 Å². The number of thiophene rings is 1. The molecular formula is C14H16N4OS2. The maximum atomic E-state index is 5.67. The Morgan fingerprint density at radius 1 is 1.33 bits per heavy atom. The van der Waals surface area contributed by atoms with Gasteiger partial charge in [-0.15, -0.1) is 32.9 Å². The fraction of sp³-hybridized carbons (Fsp3) is 0.357. The molecule has 0 unspecified atom stereocenters. The first-order chi connectivity index (χ1) is 10.0. The molecule has 3 aromatic heterocycles. The van der Waals surface area contributed by atoms with E-state index >= 15 is 0 Å². The highest BCUT2D eigenvalue weighted by Gasteiger charge is 2.24. The predicted octanol–water partition coefficient (Wildman–Crippen LogP) is 3.59. The number of aryl methyl sites for hydroxylation is 1. The van der Waals surface area contributed by atoms with Crippen molar-refractivity contribution < 1.29 is 4.42 Å². The van der Waals surface area contributed by atoms with E-state index in [1.165, 1.54) is 4.88 Å². The van der Waals surface area contributed by atoms with Crippen LogP contribution in [0.4, 0.5) is 0 Å². The zero-order chi connectivity index (χ0) is 14.9. The summed E-state index contributed by atoms with van der Waals surface area (Å²) in [6.45, 7) is 6.77. The third kappa shape index (κ3) is 3.20. The Bertz CT molecular complexity index is 715. The molecule has 7 heteroatoms. The second kappa shape index (κ2) is 5.67. The van der Waals surface area contributed by atoms with Gasteiger partial charge >= 0.3 is 0 Å². The van der Waals surface area contributed by atoms with Gasteiger partial charge in [-0.1, -0.05) is 6.07 Å². The Morgan fingerprint density at radius 2 is 2.19 bits per heavy atom. The molecule has 0 aliphatic rings. The molecule has 3 heterocycles. The normalized spacial score (nSPS) is 12.0. The lowest BCUT2D eigenvalue weighted by atomic mass is 10.1. The van der Waals surface area contributed by atoms with Crippen molar-refractivity contribution >= 4 is 22.7 Å². The number of nitrogens with zero attached hydrogens (tertiary/aromatic N) is 3. The Kier molecular flexibility index (Phi) is 3.88. The van der Waals surface area contributed by atoms with Gasteiger partial charge in [-0.05, 0) is 32.2 Å². The van der Waals surface area contributed by atoms with Crippen LogP contribution in [0.5, 0.6) is 0 Å². The zero-order valence-electron chi connectivity index (χ0n) is 12.1. The SMILES string of the molecule is Cc1cnc(C(C)(C)NCc2nnc(-c3cccs3)o2)s1. The number of rotatable bonds is 5. The first-order valence-electron chi connectivity index (χ1n) is 6.59. The van der Waals surface area contributed by atoms with Gasteiger partial charge in [0.15, 0.2) is 0 Å². The lowest BCUT2D eigenvalue weighted by molar-refractivity contribution is 0.365. The molecule has 0 spiro atoms. The summed E-state index contributed by atoms with van der Waals surface area (Å²) in [5.41, 5.74) is -0.226. The van der Waals surface area contributed by atoms with E-state index in [-0.39, 0.29) is 5.54 Å². The van der Waals surface area contributed by atoms with Crippen LogP contribution in [0.15, 0.2) is 28.1 Å². The van der Waals surface area contributed by atoms with Crippen LogP contribution < -0.4 is 5.32 Å². The van der Waals surface area contributed by atoms with E-state index in [9.17, 15) is 0 Å². The average molecular weight is 320 g/mol. The molecule has 3 rings (SSSR count). The Labute approximate surface area is 131 Å². The second-order valence-corrected chi connectivity index (χ2v) is 7.42. The molecule has 3 aromatic rings. The van der Waals surface area contributed by atoms with Crippen LogP contribution in [-0.4, -0.2) is 15.2 Å². The highest BCUT2D eigenvalue weighted by Crippen LogP contribution is 2.26. The summed E-state index contributed by atoms with van der Waals surface area (Å²) in [7, 11) is 0. The van der Waals surface area contributed by atoms with Gasteiger partial charge < -0.3 is 4.42 Å². The van der Waals surface area contributed by atoms with Crippen LogP contribution in [0.1, 0.15) is 29.6 Å². The molecule has 110 valence electrons. The maximum Gasteiger partial charge on any atom is 0.257 e. The topological polar surface area (TPSA) is 63.8 Å². The number of aromatic nitrogens is 3. The van der Waals surface area contributed by atoms with Crippen molar-refractivity contribution in [1.29, 1.82) is 0 Å². The van der Waals surface area contributed by atoms with E-state index in [1.807, 2.05) is 23.7 Å². The van der Waals surface area contributed by atoms with E-state index in [1.54, 1.807) is 22.7 Å². The molecule has 0 atom stereocenters. The van der Waals surface area contributed by atoms with E-state index in [2.05, 4.69) is 41.3 Å². The van der Waals surface area contributed by atoms with Crippen molar-refractivity contribution in [2.75, 3.05) is 0 Å². The van der Waals surface area contributed by atoms with Crippen molar-refractivity contribution in [2.45, 2.75) is 32.9 Å². The van der Waals surface area contributed by atoms with Crippen LogP contribution in [-0.2, 0) is 12.1 Å². The third-order valence-electron chi connectivity index (χ3n) is 3.04. The molecular weight excluding hydrogens is 304 g/mol. The molecule has 0 saturated carbocycles. The molecule has 1 N–H and O–H groups in total. The fourth-order valence-corrected chi connectivity index (χ4v) is 3.33. The zero-order valence-corrected chi connectivity index (χ0v) is 13.7. The van der Waals surface area contributed by atoms with Gasteiger partial charge in [0.2, 0.25) is 5.89 Å². The molecule has 0 aliphatic carbocycles. The summed E-state index contributed by atoms with van der Waals surface area (Å²) in [6, 6.07) is 3.94. The van der Waals surface area contributed by atoms with Crippen molar-refractivity contribution in [3.63, 3.8) is 0 Å². The van der Waals surface area contributed by atoms with Gasteiger partial charge in [-0.25, -0.2) is 4.98 Å². The molecule has 0 fully saturated rings. The first-order valence-corrected chi connectivity index (χ1v) is 8.28.